The largest absolute Gasteiger partial charge is 0.337 e. The van der Waals surface area contributed by atoms with Gasteiger partial charge in [-0.2, -0.15) is 0 Å². The van der Waals surface area contributed by atoms with E-state index in [-0.39, 0.29) is 17.2 Å². The fraction of sp³-hybridized carbons (Fsp3) is 0.222. The van der Waals surface area contributed by atoms with E-state index < -0.39 is 0 Å². The van der Waals surface area contributed by atoms with Gasteiger partial charge in [0, 0.05) is 13.1 Å². The molecule has 0 radical (unpaired) electrons. The number of benzene rings is 3. The average Bonchev–Trinajstić information content (AvgIpc) is 2.83. The highest BCUT2D eigenvalue weighted by Gasteiger charge is 2.22. The molecule has 2 heterocycles. The molecule has 1 aliphatic rings. The van der Waals surface area contributed by atoms with E-state index in [0.29, 0.717) is 29.1 Å². The van der Waals surface area contributed by atoms with E-state index in [1.807, 2.05) is 61.2 Å². The van der Waals surface area contributed by atoms with Crippen LogP contribution in [0.15, 0.2) is 76.7 Å². The maximum atomic E-state index is 13.5. The molecule has 0 bridgehead atoms. The Morgan fingerprint density at radius 3 is 2.58 bits per heavy atom. The summed E-state index contributed by atoms with van der Waals surface area (Å²) in [5.41, 5.74) is 5.97. The van der Waals surface area contributed by atoms with Crippen LogP contribution in [-0.4, -0.2) is 32.7 Å². The molecule has 33 heavy (non-hydrogen) atoms. The minimum atomic E-state index is -0.116. The van der Waals surface area contributed by atoms with Gasteiger partial charge in [0.2, 0.25) is 5.91 Å². The molecule has 1 amide bonds. The highest BCUT2D eigenvalue weighted by Crippen LogP contribution is 2.25. The minimum Gasteiger partial charge on any atom is -0.337 e. The monoisotopic (exact) mass is 455 g/mol. The molecule has 1 aromatic heterocycles. The molecule has 0 saturated heterocycles. The van der Waals surface area contributed by atoms with Gasteiger partial charge >= 0.3 is 0 Å². The van der Waals surface area contributed by atoms with Crippen LogP contribution in [-0.2, 0) is 17.8 Å². The number of nitrogens with zero attached hydrogens (tertiary/aromatic N) is 3. The first-order valence-electron chi connectivity index (χ1n) is 11.1. The lowest BCUT2D eigenvalue weighted by atomic mass is 10.00. The normalized spacial score (nSPS) is 13.2. The third-order valence-electron chi connectivity index (χ3n) is 6.15. The Balaban J connectivity index is 1.47. The number of amides is 1. The second-order valence-corrected chi connectivity index (χ2v) is 9.41. The Hall–Kier alpha value is -3.38. The van der Waals surface area contributed by atoms with Gasteiger partial charge in [-0.15, -0.1) is 0 Å². The Kier molecular flexibility index (Phi) is 5.77. The van der Waals surface area contributed by atoms with Gasteiger partial charge in [0.15, 0.2) is 5.16 Å². The lowest BCUT2D eigenvalue weighted by Crippen LogP contribution is -2.37. The highest BCUT2D eigenvalue weighted by molar-refractivity contribution is 7.99. The molecule has 0 atom stereocenters. The number of aryl methyl sites for hydroxylation is 2. The predicted octanol–water partition coefficient (Wildman–Crippen LogP) is 4.68. The van der Waals surface area contributed by atoms with E-state index in [4.69, 9.17) is 4.98 Å². The molecule has 0 fully saturated rings. The number of thioether (sulfide) groups is 1. The molecular weight excluding hydrogens is 430 g/mol. The summed E-state index contributed by atoms with van der Waals surface area (Å²) in [6.07, 6.45) is 0.869. The smallest absolute Gasteiger partial charge is 0.266 e. The number of rotatable bonds is 4. The highest BCUT2D eigenvalue weighted by atomic mass is 32.2. The molecule has 4 aromatic rings. The van der Waals surface area contributed by atoms with Gasteiger partial charge in [-0.25, -0.2) is 4.98 Å². The van der Waals surface area contributed by atoms with Crippen LogP contribution in [0.1, 0.15) is 22.3 Å². The zero-order valence-electron chi connectivity index (χ0n) is 18.7. The van der Waals surface area contributed by atoms with Crippen molar-refractivity contribution in [3.05, 3.63) is 99.3 Å². The summed E-state index contributed by atoms with van der Waals surface area (Å²) in [7, 11) is 0. The lowest BCUT2D eigenvalue weighted by Gasteiger charge is -2.28. The van der Waals surface area contributed by atoms with E-state index in [1.165, 1.54) is 22.9 Å². The molecule has 166 valence electrons. The quantitative estimate of drug-likeness (QED) is 0.331. The van der Waals surface area contributed by atoms with Crippen LogP contribution >= 0.6 is 11.8 Å². The lowest BCUT2D eigenvalue weighted by molar-refractivity contribution is -0.129. The molecule has 0 unspecified atom stereocenters. The van der Waals surface area contributed by atoms with Crippen molar-refractivity contribution in [3.63, 3.8) is 0 Å². The number of para-hydroxylation sites is 1. The Labute approximate surface area is 197 Å². The maximum Gasteiger partial charge on any atom is 0.266 e. The van der Waals surface area contributed by atoms with Crippen molar-refractivity contribution in [1.29, 1.82) is 0 Å². The Morgan fingerprint density at radius 1 is 1.00 bits per heavy atom. The van der Waals surface area contributed by atoms with Crippen molar-refractivity contribution < 1.29 is 4.79 Å². The summed E-state index contributed by atoms with van der Waals surface area (Å²) >= 11 is 1.33. The fourth-order valence-electron chi connectivity index (χ4n) is 4.40. The van der Waals surface area contributed by atoms with E-state index in [9.17, 15) is 9.59 Å². The van der Waals surface area contributed by atoms with Crippen molar-refractivity contribution in [2.24, 2.45) is 0 Å². The third kappa shape index (κ3) is 4.18. The van der Waals surface area contributed by atoms with Crippen LogP contribution in [0.5, 0.6) is 0 Å². The first-order valence-corrected chi connectivity index (χ1v) is 12.1. The molecule has 3 aromatic carbocycles. The van der Waals surface area contributed by atoms with Crippen LogP contribution in [0.4, 0.5) is 0 Å². The summed E-state index contributed by atoms with van der Waals surface area (Å²) in [6, 6.07) is 21.7. The van der Waals surface area contributed by atoms with Crippen LogP contribution in [0.3, 0.4) is 0 Å². The van der Waals surface area contributed by atoms with Crippen molar-refractivity contribution >= 4 is 28.6 Å². The summed E-state index contributed by atoms with van der Waals surface area (Å²) in [5, 5.41) is 1.11. The number of aromatic nitrogens is 2. The minimum absolute atomic E-state index is 0.0593. The molecule has 0 N–H and O–H groups in total. The molecular formula is C27H25N3O2S. The molecule has 1 aliphatic heterocycles. The summed E-state index contributed by atoms with van der Waals surface area (Å²) in [4.78, 5) is 33.2. The molecule has 6 heteroatoms. The first kappa shape index (κ1) is 21.5. The number of carbonyl (C=O) groups excluding carboxylic acids is 1. The van der Waals surface area contributed by atoms with Crippen LogP contribution in [0, 0.1) is 13.8 Å². The number of hydrogen-bond donors (Lipinski definition) is 0. The Morgan fingerprint density at radius 2 is 1.76 bits per heavy atom. The molecule has 5 nitrogen and oxygen atoms in total. The van der Waals surface area contributed by atoms with Crippen LogP contribution < -0.4 is 5.56 Å². The van der Waals surface area contributed by atoms with E-state index in [2.05, 4.69) is 18.2 Å². The zero-order valence-corrected chi connectivity index (χ0v) is 19.6. The van der Waals surface area contributed by atoms with Gasteiger partial charge in [-0.05, 0) is 55.2 Å². The van der Waals surface area contributed by atoms with E-state index in [0.717, 1.165) is 23.2 Å². The van der Waals surface area contributed by atoms with Crippen LogP contribution in [0.2, 0.25) is 0 Å². The molecule has 5 rings (SSSR count). The molecule has 0 spiro atoms. The van der Waals surface area contributed by atoms with E-state index >= 15 is 0 Å². The summed E-state index contributed by atoms with van der Waals surface area (Å²) in [6.45, 7) is 5.37. The van der Waals surface area contributed by atoms with Crippen molar-refractivity contribution in [2.45, 2.75) is 32.0 Å². The second-order valence-electron chi connectivity index (χ2n) is 8.46. The van der Waals surface area contributed by atoms with Gasteiger partial charge in [0.1, 0.15) is 0 Å². The number of fused-ring (bicyclic) bond motifs is 2. The maximum absolute atomic E-state index is 13.5. The second kappa shape index (κ2) is 8.87. The predicted molar refractivity (Wildman–Crippen MR) is 133 cm³/mol. The van der Waals surface area contributed by atoms with Gasteiger partial charge < -0.3 is 4.90 Å². The molecule has 0 saturated carbocycles. The van der Waals surface area contributed by atoms with Crippen molar-refractivity contribution in [2.75, 3.05) is 12.3 Å². The van der Waals surface area contributed by atoms with E-state index in [1.54, 1.807) is 10.6 Å². The molecule has 0 aliphatic carbocycles. The van der Waals surface area contributed by atoms with Gasteiger partial charge in [0.05, 0.1) is 22.3 Å². The van der Waals surface area contributed by atoms with Crippen LogP contribution in [0.25, 0.3) is 16.6 Å². The SMILES string of the molecule is Cc1ccc(-n2c(SCC(=O)N3CCc4ccccc4C3)nc3ccccc3c2=O)c(C)c1. The number of hydrogen-bond acceptors (Lipinski definition) is 4. The van der Waals surface area contributed by atoms with Crippen molar-refractivity contribution in [3.8, 4) is 5.69 Å². The topological polar surface area (TPSA) is 55.2 Å². The van der Waals surface area contributed by atoms with Crippen molar-refractivity contribution in [1.82, 2.24) is 14.5 Å². The van der Waals surface area contributed by atoms with Gasteiger partial charge in [-0.3, -0.25) is 14.2 Å². The summed E-state index contributed by atoms with van der Waals surface area (Å²) < 4.78 is 1.65. The van der Waals surface area contributed by atoms with Gasteiger partial charge in [0.25, 0.3) is 5.56 Å². The standard InChI is InChI=1S/C27H25N3O2S/c1-18-11-12-24(19(2)15-18)30-26(32)22-9-5-6-10-23(22)28-27(30)33-17-25(31)29-14-13-20-7-3-4-8-21(20)16-29/h3-12,15H,13-14,16-17H2,1-2H3. The Bertz CT molecular complexity index is 1430. The number of carbonyl (C=O) groups is 1. The summed E-state index contributed by atoms with van der Waals surface area (Å²) in [5.74, 6) is 0.293. The van der Waals surface area contributed by atoms with Gasteiger partial charge in [-0.1, -0.05) is 65.9 Å². The average molecular weight is 456 g/mol. The fourth-order valence-corrected chi connectivity index (χ4v) is 5.31. The third-order valence-corrected chi connectivity index (χ3v) is 7.07. The first-order chi connectivity index (χ1) is 16.0. The zero-order chi connectivity index (χ0) is 22.9.